The molecule has 0 spiro atoms. The summed E-state index contributed by atoms with van der Waals surface area (Å²) in [5.74, 6) is -0.497. The molecule has 0 unspecified atom stereocenters. The van der Waals surface area contributed by atoms with Gasteiger partial charge in [-0.05, 0) is 30.5 Å². The van der Waals surface area contributed by atoms with E-state index >= 15 is 0 Å². The molecule has 0 bridgehead atoms. The Bertz CT molecular complexity index is 779. The van der Waals surface area contributed by atoms with E-state index in [9.17, 15) is 13.6 Å². The van der Waals surface area contributed by atoms with Crippen LogP contribution in [0.2, 0.25) is 10.0 Å². The lowest BCUT2D eigenvalue weighted by molar-refractivity contribution is 0.0891. The van der Waals surface area contributed by atoms with Crippen LogP contribution in [0.15, 0.2) is 24.4 Å². The fraction of sp³-hybridized carbons (Fsp3) is 0.375. The standard InChI is InChI=1S/C16H15Cl2F2N3O/c1-23-7-11(14(22-23)15(19)20)16(24)21-13-5-4-10(13)9-3-2-8(17)6-12(9)18/h2-3,6-7,10,13,15H,4-5H2,1H3,(H,21,24)/t10-,13-/m1/s1. The first-order valence-electron chi connectivity index (χ1n) is 7.44. The van der Waals surface area contributed by atoms with Crippen LogP contribution in [0.5, 0.6) is 0 Å². The monoisotopic (exact) mass is 373 g/mol. The number of halogens is 4. The predicted molar refractivity (Wildman–Crippen MR) is 87.9 cm³/mol. The van der Waals surface area contributed by atoms with Crippen LogP contribution in [0, 0.1) is 0 Å². The topological polar surface area (TPSA) is 46.9 Å². The summed E-state index contributed by atoms with van der Waals surface area (Å²) in [5, 5.41) is 7.55. The molecule has 2 aromatic rings. The number of nitrogens with one attached hydrogen (secondary N) is 1. The fourth-order valence-electron chi connectivity index (χ4n) is 2.94. The van der Waals surface area contributed by atoms with Gasteiger partial charge in [-0.1, -0.05) is 29.3 Å². The van der Waals surface area contributed by atoms with Crippen molar-refractivity contribution in [3.8, 4) is 0 Å². The first-order valence-corrected chi connectivity index (χ1v) is 8.20. The van der Waals surface area contributed by atoms with Crippen molar-refractivity contribution < 1.29 is 13.6 Å². The normalized spacial score (nSPS) is 20.1. The summed E-state index contributed by atoms with van der Waals surface area (Å²) in [5.41, 5.74) is 0.300. The molecule has 0 radical (unpaired) electrons. The number of aromatic nitrogens is 2. The van der Waals surface area contributed by atoms with Gasteiger partial charge in [0, 0.05) is 35.2 Å². The number of benzene rings is 1. The highest BCUT2D eigenvalue weighted by Gasteiger charge is 2.35. The number of aryl methyl sites for hydroxylation is 1. The van der Waals surface area contributed by atoms with E-state index in [0.29, 0.717) is 10.0 Å². The number of amides is 1. The van der Waals surface area contributed by atoms with Crippen molar-refractivity contribution in [3.05, 3.63) is 51.3 Å². The SMILES string of the molecule is Cn1cc(C(=O)N[C@@H]2CC[C@@H]2c2ccc(Cl)cc2Cl)c(C(F)F)n1. The van der Waals surface area contributed by atoms with E-state index in [4.69, 9.17) is 23.2 Å². The molecule has 2 atom stereocenters. The summed E-state index contributed by atoms with van der Waals surface area (Å²) in [7, 11) is 1.50. The van der Waals surface area contributed by atoms with Crippen LogP contribution in [0.25, 0.3) is 0 Å². The first kappa shape index (κ1) is 17.2. The van der Waals surface area contributed by atoms with Gasteiger partial charge in [0.05, 0.1) is 5.56 Å². The van der Waals surface area contributed by atoms with Gasteiger partial charge in [0.25, 0.3) is 12.3 Å². The van der Waals surface area contributed by atoms with Crippen molar-refractivity contribution in [1.29, 1.82) is 0 Å². The minimum atomic E-state index is -2.80. The third-order valence-corrected chi connectivity index (χ3v) is 4.82. The molecule has 1 aliphatic carbocycles. The molecule has 8 heteroatoms. The molecule has 1 aromatic carbocycles. The number of carbonyl (C=O) groups excluding carboxylic acids is 1. The molecule has 1 fully saturated rings. The van der Waals surface area contributed by atoms with Crippen LogP contribution in [0.4, 0.5) is 8.78 Å². The molecule has 0 aliphatic heterocycles. The Hall–Kier alpha value is -1.66. The van der Waals surface area contributed by atoms with Crippen LogP contribution in [0.3, 0.4) is 0 Å². The molecule has 1 aliphatic rings. The second-order valence-electron chi connectivity index (χ2n) is 5.83. The van der Waals surface area contributed by atoms with Crippen molar-refractivity contribution in [2.24, 2.45) is 7.05 Å². The summed E-state index contributed by atoms with van der Waals surface area (Å²) >= 11 is 12.1. The third kappa shape index (κ3) is 3.26. The first-order chi connectivity index (χ1) is 11.4. The molecule has 1 N–H and O–H groups in total. The Kier molecular flexibility index (Phi) is 4.78. The zero-order valence-electron chi connectivity index (χ0n) is 12.8. The summed E-state index contributed by atoms with van der Waals surface area (Å²) in [6, 6.07) is 5.09. The van der Waals surface area contributed by atoms with E-state index in [1.54, 1.807) is 12.1 Å². The molecule has 128 valence electrons. The Balaban J connectivity index is 1.76. The number of carbonyl (C=O) groups is 1. The van der Waals surface area contributed by atoms with Gasteiger partial charge >= 0.3 is 0 Å². The summed E-state index contributed by atoms with van der Waals surface area (Å²) < 4.78 is 27.2. The molecule has 1 saturated carbocycles. The third-order valence-electron chi connectivity index (χ3n) is 4.26. The molecule has 24 heavy (non-hydrogen) atoms. The minimum absolute atomic E-state index is 0.0467. The van der Waals surface area contributed by atoms with Crippen molar-refractivity contribution in [2.45, 2.75) is 31.2 Å². The Labute approximate surface area is 147 Å². The van der Waals surface area contributed by atoms with Gasteiger partial charge in [0.1, 0.15) is 5.69 Å². The molecule has 0 saturated heterocycles. The minimum Gasteiger partial charge on any atom is -0.349 e. The molecule has 1 amide bonds. The number of nitrogens with zero attached hydrogens (tertiary/aromatic N) is 2. The predicted octanol–water partition coefficient (Wildman–Crippen LogP) is 4.34. The lowest BCUT2D eigenvalue weighted by Gasteiger charge is -2.38. The van der Waals surface area contributed by atoms with Crippen molar-refractivity contribution in [1.82, 2.24) is 15.1 Å². The van der Waals surface area contributed by atoms with Crippen molar-refractivity contribution in [2.75, 3.05) is 0 Å². The highest BCUT2D eigenvalue weighted by molar-refractivity contribution is 6.35. The second-order valence-corrected chi connectivity index (χ2v) is 6.68. The summed E-state index contributed by atoms with van der Waals surface area (Å²) in [6.07, 6.45) is 0.135. The quantitative estimate of drug-likeness (QED) is 0.866. The molecular weight excluding hydrogens is 359 g/mol. The van der Waals surface area contributed by atoms with E-state index in [1.165, 1.54) is 17.9 Å². The van der Waals surface area contributed by atoms with Crippen LogP contribution < -0.4 is 5.32 Å². The lowest BCUT2D eigenvalue weighted by Crippen LogP contribution is -2.45. The zero-order chi connectivity index (χ0) is 17.4. The maximum absolute atomic E-state index is 13.0. The lowest BCUT2D eigenvalue weighted by atomic mass is 9.75. The van der Waals surface area contributed by atoms with Crippen LogP contribution in [-0.4, -0.2) is 21.7 Å². The van der Waals surface area contributed by atoms with Crippen LogP contribution in [0.1, 0.15) is 46.8 Å². The molecular formula is C16H15Cl2F2N3O. The van der Waals surface area contributed by atoms with Gasteiger partial charge in [0.2, 0.25) is 0 Å². The van der Waals surface area contributed by atoms with E-state index in [1.807, 2.05) is 6.07 Å². The number of alkyl halides is 2. The van der Waals surface area contributed by atoms with Gasteiger partial charge in [-0.25, -0.2) is 8.78 Å². The maximum Gasteiger partial charge on any atom is 0.282 e. The average Bonchev–Trinajstić information content (AvgIpc) is 2.88. The van der Waals surface area contributed by atoms with E-state index in [-0.39, 0.29) is 17.5 Å². The molecule has 3 rings (SSSR count). The van der Waals surface area contributed by atoms with Crippen molar-refractivity contribution >= 4 is 29.1 Å². The van der Waals surface area contributed by atoms with Gasteiger partial charge < -0.3 is 5.32 Å². The highest BCUT2D eigenvalue weighted by atomic mass is 35.5. The van der Waals surface area contributed by atoms with E-state index in [2.05, 4.69) is 10.4 Å². The largest absolute Gasteiger partial charge is 0.349 e. The van der Waals surface area contributed by atoms with E-state index < -0.39 is 18.0 Å². The average molecular weight is 374 g/mol. The smallest absolute Gasteiger partial charge is 0.282 e. The summed E-state index contributed by atoms with van der Waals surface area (Å²) in [4.78, 5) is 12.4. The van der Waals surface area contributed by atoms with Gasteiger partial charge in [-0.3, -0.25) is 9.48 Å². The van der Waals surface area contributed by atoms with Crippen LogP contribution in [-0.2, 0) is 7.05 Å². The molecule has 1 heterocycles. The van der Waals surface area contributed by atoms with Gasteiger partial charge in [-0.2, -0.15) is 5.10 Å². The molecule has 1 aromatic heterocycles. The maximum atomic E-state index is 13.0. The number of rotatable bonds is 4. The Morgan fingerprint density at radius 2 is 2.12 bits per heavy atom. The van der Waals surface area contributed by atoms with Gasteiger partial charge in [-0.15, -0.1) is 0 Å². The number of hydrogen-bond donors (Lipinski definition) is 1. The van der Waals surface area contributed by atoms with Crippen LogP contribution >= 0.6 is 23.2 Å². The summed E-state index contributed by atoms with van der Waals surface area (Å²) in [6.45, 7) is 0. The second kappa shape index (κ2) is 6.69. The fourth-order valence-corrected chi connectivity index (χ4v) is 3.48. The van der Waals surface area contributed by atoms with Crippen molar-refractivity contribution in [3.63, 3.8) is 0 Å². The number of hydrogen-bond acceptors (Lipinski definition) is 2. The highest BCUT2D eigenvalue weighted by Crippen LogP contribution is 2.41. The van der Waals surface area contributed by atoms with Gasteiger partial charge in [0.15, 0.2) is 0 Å². The van der Waals surface area contributed by atoms with E-state index in [0.717, 1.165) is 18.4 Å². The Morgan fingerprint density at radius 3 is 2.71 bits per heavy atom. The Morgan fingerprint density at radius 1 is 1.38 bits per heavy atom. The zero-order valence-corrected chi connectivity index (χ0v) is 14.3. The molecule has 4 nitrogen and oxygen atoms in total.